The molecule has 0 radical (unpaired) electrons. The number of furan rings is 1. The maximum absolute atomic E-state index is 12.3. The third-order valence-electron chi connectivity index (χ3n) is 3.61. The number of nitrogens with zero attached hydrogens (tertiary/aromatic N) is 2. The Bertz CT molecular complexity index is 614. The summed E-state index contributed by atoms with van der Waals surface area (Å²) in [6.45, 7) is 2.14. The minimum atomic E-state index is -0.119. The molecular weight excluding hydrogens is 268 g/mol. The molecule has 1 aliphatic rings. The summed E-state index contributed by atoms with van der Waals surface area (Å²) < 4.78 is 5.12. The molecule has 1 saturated heterocycles. The van der Waals surface area contributed by atoms with Gasteiger partial charge in [-0.15, -0.1) is 0 Å². The van der Waals surface area contributed by atoms with Gasteiger partial charge in [-0.3, -0.25) is 9.59 Å². The predicted octanol–water partition coefficient (Wildman–Crippen LogP) is 1.88. The number of hydrogen-bond donors (Lipinski definition) is 0. The number of piperazine rings is 1. The fourth-order valence-corrected chi connectivity index (χ4v) is 2.43. The van der Waals surface area contributed by atoms with Crippen LogP contribution in [0.25, 0.3) is 0 Å². The molecule has 1 fully saturated rings. The molecule has 2 amide bonds. The number of hydrogen-bond acceptors (Lipinski definition) is 3. The van der Waals surface area contributed by atoms with Crippen molar-refractivity contribution in [2.45, 2.75) is 0 Å². The molecule has 0 unspecified atom stereocenters. The van der Waals surface area contributed by atoms with E-state index in [2.05, 4.69) is 0 Å². The van der Waals surface area contributed by atoms with Crippen LogP contribution >= 0.6 is 0 Å². The van der Waals surface area contributed by atoms with Crippen molar-refractivity contribution >= 4 is 11.8 Å². The second-order valence-corrected chi connectivity index (χ2v) is 4.93. The molecule has 0 saturated carbocycles. The summed E-state index contributed by atoms with van der Waals surface area (Å²) in [5, 5.41) is 0. The highest BCUT2D eigenvalue weighted by molar-refractivity contribution is 5.95. The van der Waals surface area contributed by atoms with Crippen LogP contribution in [0.5, 0.6) is 0 Å². The van der Waals surface area contributed by atoms with Gasteiger partial charge in [0, 0.05) is 31.7 Å². The van der Waals surface area contributed by atoms with Gasteiger partial charge in [0.05, 0.1) is 6.26 Å². The topological polar surface area (TPSA) is 53.8 Å². The largest absolute Gasteiger partial charge is 0.459 e. The van der Waals surface area contributed by atoms with E-state index in [-0.39, 0.29) is 11.8 Å². The molecule has 0 N–H and O–H groups in total. The zero-order valence-electron chi connectivity index (χ0n) is 11.6. The van der Waals surface area contributed by atoms with Gasteiger partial charge in [-0.2, -0.15) is 0 Å². The number of amides is 2. The Morgan fingerprint density at radius 1 is 0.810 bits per heavy atom. The average molecular weight is 284 g/mol. The average Bonchev–Trinajstić information content (AvgIpc) is 3.09. The Morgan fingerprint density at radius 3 is 2.00 bits per heavy atom. The van der Waals surface area contributed by atoms with Gasteiger partial charge in [0.1, 0.15) is 0 Å². The molecular formula is C16H16N2O3. The van der Waals surface area contributed by atoms with E-state index in [0.29, 0.717) is 37.5 Å². The first-order valence-corrected chi connectivity index (χ1v) is 6.93. The Morgan fingerprint density at radius 2 is 1.43 bits per heavy atom. The van der Waals surface area contributed by atoms with Crippen LogP contribution in [0.15, 0.2) is 53.1 Å². The molecule has 2 heterocycles. The van der Waals surface area contributed by atoms with Gasteiger partial charge in [0.15, 0.2) is 5.76 Å². The number of rotatable bonds is 2. The lowest BCUT2D eigenvalue weighted by molar-refractivity contribution is 0.0518. The Hall–Kier alpha value is -2.56. The van der Waals surface area contributed by atoms with E-state index in [1.54, 1.807) is 21.9 Å². The van der Waals surface area contributed by atoms with Crippen LogP contribution in [0.3, 0.4) is 0 Å². The molecule has 1 aromatic heterocycles. The first-order valence-electron chi connectivity index (χ1n) is 6.93. The highest BCUT2D eigenvalue weighted by Crippen LogP contribution is 2.12. The molecule has 0 atom stereocenters. The van der Waals surface area contributed by atoms with Crippen molar-refractivity contribution in [1.82, 2.24) is 9.80 Å². The van der Waals surface area contributed by atoms with E-state index < -0.39 is 0 Å². The zero-order chi connectivity index (χ0) is 14.7. The summed E-state index contributed by atoms with van der Waals surface area (Å²) in [7, 11) is 0. The third-order valence-corrected chi connectivity index (χ3v) is 3.61. The number of benzene rings is 1. The Labute approximate surface area is 122 Å². The number of carbonyl (C=O) groups excluding carboxylic acids is 2. The van der Waals surface area contributed by atoms with E-state index in [1.807, 2.05) is 30.3 Å². The molecule has 2 aromatic rings. The minimum Gasteiger partial charge on any atom is -0.459 e. The zero-order valence-corrected chi connectivity index (χ0v) is 11.6. The van der Waals surface area contributed by atoms with E-state index >= 15 is 0 Å². The van der Waals surface area contributed by atoms with Gasteiger partial charge >= 0.3 is 0 Å². The summed E-state index contributed by atoms with van der Waals surface area (Å²) >= 11 is 0. The van der Waals surface area contributed by atoms with E-state index in [0.717, 1.165) is 0 Å². The van der Waals surface area contributed by atoms with Crippen LogP contribution in [-0.2, 0) is 0 Å². The van der Waals surface area contributed by atoms with Crippen LogP contribution in [0, 0.1) is 0 Å². The smallest absolute Gasteiger partial charge is 0.289 e. The highest BCUT2D eigenvalue weighted by atomic mass is 16.3. The second kappa shape index (κ2) is 5.83. The van der Waals surface area contributed by atoms with Crippen LogP contribution in [-0.4, -0.2) is 47.8 Å². The van der Waals surface area contributed by atoms with Crippen molar-refractivity contribution in [3.8, 4) is 0 Å². The fraction of sp³-hybridized carbons (Fsp3) is 0.250. The predicted molar refractivity (Wildman–Crippen MR) is 77.0 cm³/mol. The van der Waals surface area contributed by atoms with Gasteiger partial charge < -0.3 is 14.2 Å². The quantitative estimate of drug-likeness (QED) is 0.846. The molecule has 3 rings (SSSR count). The SMILES string of the molecule is O=C(c1ccccc1)N1CCN(C(=O)c2ccco2)CC1. The minimum absolute atomic E-state index is 0.0145. The van der Waals surface area contributed by atoms with Crippen molar-refractivity contribution < 1.29 is 14.0 Å². The van der Waals surface area contributed by atoms with E-state index in [1.165, 1.54) is 6.26 Å². The lowest BCUT2D eigenvalue weighted by Gasteiger charge is -2.34. The fourth-order valence-electron chi connectivity index (χ4n) is 2.43. The summed E-state index contributed by atoms with van der Waals surface area (Å²) in [4.78, 5) is 27.9. The summed E-state index contributed by atoms with van der Waals surface area (Å²) in [6, 6.07) is 12.6. The van der Waals surface area contributed by atoms with Crippen LogP contribution < -0.4 is 0 Å². The molecule has 108 valence electrons. The van der Waals surface area contributed by atoms with Gasteiger partial charge in [0.2, 0.25) is 0 Å². The Balaban J connectivity index is 1.60. The monoisotopic (exact) mass is 284 g/mol. The summed E-state index contributed by atoms with van der Waals surface area (Å²) in [5.41, 5.74) is 0.684. The van der Waals surface area contributed by atoms with Gasteiger partial charge in [-0.1, -0.05) is 18.2 Å². The lowest BCUT2D eigenvalue weighted by atomic mass is 10.2. The van der Waals surface area contributed by atoms with Crippen molar-refractivity contribution in [3.63, 3.8) is 0 Å². The second-order valence-electron chi connectivity index (χ2n) is 4.93. The summed E-state index contributed by atoms with van der Waals surface area (Å²) in [6.07, 6.45) is 1.49. The van der Waals surface area contributed by atoms with Crippen molar-refractivity contribution in [1.29, 1.82) is 0 Å². The lowest BCUT2D eigenvalue weighted by Crippen LogP contribution is -2.50. The Kier molecular flexibility index (Phi) is 3.73. The van der Waals surface area contributed by atoms with E-state index in [4.69, 9.17) is 4.42 Å². The van der Waals surface area contributed by atoms with Crippen LogP contribution in [0.2, 0.25) is 0 Å². The van der Waals surface area contributed by atoms with Crippen LogP contribution in [0.1, 0.15) is 20.9 Å². The standard InChI is InChI=1S/C16H16N2O3/c19-15(13-5-2-1-3-6-13)17-8-10-18(11-9-17)16(20)14-7-4-12-21-14/h1-7,12H,8-11H2. The molecule has 5 heteroatoms. The molecule has 1 aromatic carbocycles. The van der Waals surface area contributed by atoms with Crippen molar-refractivity contribution in [2.24, 2.45) is 0 Å². The van der Waals surface area contributed by atoms with Gasteiger partial charge in [0.25, 0.3) is 11.8 Å². The van der Waals surface area contributed by atoms with E-state index in [9.17, 15) is 9.59 Å². The number of carbonyl (C=O) groups is 2. The molecule has 5 nitrogen and oxygen atoms in total. The molecule has 0 aliphatic carbocycles. The maximum Gasteiger partial charge on any atom is 0.289 e. The van der Waals surface area contributed by atoms with Crippen LogP contribution in [0.4, 0.5) is 0 Å². The molecule has 0 spiro atoms. The molecule has 21 heavy (non-hydrogen) atoms. The summed E-state index contributed by atoms with van der Waals surface area (Å²) in [5.74, 6) is 0.241. The first-order chi connectivity index (χ1) is 10.3. The third kappa shape index (κ3) is 2.81. The van der Waals surface area contributed by atoms with Crippen molar-refractivity contribution in [2.75, 3.05) is 26.2 Å². The molecule has 0 bridgehead atoms. The first kappa shape index (κ1) is 13.4. The van der Waals surface area contributed by atoms with Gasteiger partial charge in [-0.25, -0.2) is 0 Å². The highest BCUT2D eigenvalue weighted by Gasteiger charge is 2.26. The maximum atomic E-state index is 12.3. The van der Waals surface area contributed by atoms with Crippen molar-refractivity contribution in [3.05, 3.63) is 60.1 Å². The van der Waals surface area contributed by atoms with Gasteiger partial charge in [-0.05, 0) is 24.3 Å². The normalized spacial score (nSPS) is 15.0. The molecule has 1 aliphatic heterocycles.